The molecule has 0 bridgehead atoms. The van der Waals surface area contributed by atoms with E-state index in [-0.39, 0.29) is 6.79 Å². The van der Waals surface area contributed by atoms with E-state index in [1.807, 2.05) is 16.8 Å². The average Bonchev–Trinajstić information content (AvgIpc) is 3.01. The third-order valence-electron chi connectivity index (χ3n) is 3.58. The van der Waals surface area contributed by atoms with Crippen molar-refractivity contribution in [1.29, 1.82) is 0 Å². The van der Waals surface area contributed by atoms with Crippen molar-refractivity contribution in [2.45, 2.75) is 25.3 Å². The molecule has 1 fully saturated rings. The fourth-order valence-electron chi connectivity index (χ4n) is 2.51. The van der Waals surface area contributed by atoms with E-state index < -0.39 is 0 Å². The molecule has 2 aromatic rings. The van der Waals surface area contributed by atoms with Crippen LogP contribution in [0.2, 0.25) is 5.02 Å². The van der Waals surface area contributed by atoms with Gasteiger partial charge < -0.3 is 15.2 Å². The Bertz CT molecular complexity index is 681. The van der Waals surface area contributed by atoms with Crippen LogP contribution in [0.4, 0.5) is 5.82 Å². The van der Waals surface area contributed by atoms with Crippen LogP contribution in [0, 0.1) is 0 Å². The lowest BCUT2D eigenvalue weighted by atomic mass is 10.2. The number of halogens is 1. The van der Waals surface area contributed by atoms with Gasteiger partial charge in [-0.15, -0.1) is 5.10 Å². The first-order valence-electron chi connectivity index (χ1n) is 6.49. The fourth-order valence-corrected chi connectivity index (χ4v) is 2.80. The lowest BCUT2D eigenvalue weighted by molar-refractivity contribution is 0.174. The number of aromatic nitrogens is 3. The van der Waals surface area contributed by atoms with Crippen LogP contribution in [-0.4, -0.2) is 21.8 Å². The molecule has 7 heteroatoms. The van der Waals surface area contributed by atoms with Crippen LogP contribution in [0.5, 0.6) is 11.5 Å². The Morgan fingerprint density at radius 3 is 3.00 bits per heavy atom. The second kappa shape index (κ2) is 4.28. The molecule has 1 aromatic heterocycles. The molecule has 0 spiro atoms. The van der Waals surface area contributed by atoms with Gasteiger partial charge in [-0.1, -0.05) is 16.8 Å². The van der Waals surface area contributed by atoms with Crippen molar-refractivity contribution in [3.63, 3.8) is 0 Å². The number of hydrogen-bond acceptors (Lipinski definition) is 5. The van der Waals surface area contributed by atoms with Crippen molar-refractivity contribution in [3.05, 3.63) is 28.4 Å². The summed E-state index contributed by atoms with van der Waals surface area (Å²) in [6.45, 7) is 0.786. The molecule has 1 aromatic carbocycles. The second-order valence-electron chi connectivity index (χ2n) is 5.10. The zero-order valence-electron chi connectivity index (χ0n) is 10.7. The van der Waals surface area contributed by atoms with E-state index in [1.165, 1.54) is 0 Å². The number of nitrogens with two attached hydrogens (primary N) is 1. The maximum absolute atomic E-state index is 6.19. The molecule has 1 aliphatic carbocycles. The molecule has 1 aliphatic heterocycles. The Hall–Kier alpha value is -1.95. The number of ether oxygens (including phenoxy) is 2. The van der Waals surface area contributed by atoms with Crippen LogP contribution >= 0.6 is 11.6 Å². The minimum atomic E-state index is 0.210. The average molecular weight is 293 g/mol. The molecule has 0 unspecified atom stereocenters. The highest BCUT2D eigenvalue weighted by molar-refractivity contribution is 6.32. The van der Waals surface area contributed by atoms with Gasteiger partial charge in [-0.05, 0) is 30.5 Å². The first kappa shape index (κ1) is 11.8. The molecule has 0 saturated heterocycles. The zero-order valence-corrected chi connectivity index (χ0v) is 11.4. The van der Waals surface area contributed by atoms with E-state index in [0.717, 1.165) is 24.1 Å². The fraction of sp³-hybridized carbons (Fsp3) is 0.385. The molecule has 2 N–H and O–H groups in total. The van der Waals surface area contributed by atoms with E-state index >= 15 is 0 Å². The Morgan fingerprint density at radius 1 is 1.35 bits per heavy atom. The molecule has 6 nitrogen and oxygen atoms in total. The molecule has 0 atom stereocenters. The van der Waals surface area contributed by atoms with Gasteiger partial charge in [0, 0.05) is 5.92 Å². The van der Waals surface area contributed by atoms with Gasteiger partial charge in [-0.2, -0.15) is 0 Å². The molecular formula is C13H13ClN4O2. The van der Waals surface area contributed by atoms with Crippen LogP contribution < -0.4 is 15.2 Å². The summed E-state index contributed by atoms with van der Waals surface area (Å²) in [4.78, 5) is 0. The van der Waals surface area contributed by atoms with E-state index in [0.29, 0.717) is 34.8 Å². The predicted octanol–water partition coefficient (Wildman–Crippen LogP) is 2.17. The van der Waals surface area contributed by atoms with Gasteiger partial charge in [0.05, 0.1) is 17.3 Å². The molecular weight excluding hydrogens is 280 g/mol. The van der Waals surface area contributed by atoms with Crippen molar-refractivity contribution in [1.82, 2.24) is 15.0 Å². The molecule has 104 valence electrons. The van der Waals surface area contributed by atoms with Crippen LogP contribution in [0.1, 0.15) is 30.0 Å². The summed E-state index contributed by atoms with van der Waals surface area (Å²) in [6.07, 6.45) is 2.30. The van der Waals surface area contributed by atoms with Gasteiger partial charge >= 0.3 is 0 Å². The third kappa shape index (κ3) is 1.87. The number of benzene rings is 1. The Morgan fingerprint density at radius 2 is 2.20 bits per heavy atom. The maximum atomic E-state index is 6.19. The SMILES string of the molecule is Nc1nnn(Cc2cc(Cl)c3c(c2)OCO3)c1C1CC1. The first-order chi connectivity index (χ1) is 9.72. The van der Waals surface area contributed by atoms with Gasteiger partial charge in [-0.3, -0.25) is 0 Å². The van der Waals surface area contributed by atoms with Crippen LogP contribution in [-0.2, 0) is 6.54 Å². The van der Waals surface area contributed by atoms with Gasteiger partial charge in [-0.25, -0.2) is 4.68 Å². The van der Waals surface area contributed by atoms with Gasteiger partial charge in [0.1, 0.15) is 0 Å². The van der Waals surface area contributed by atoms with Crippen LogP contribution in [0.15, 0.2) is 12.1 Å². The minimum Gasteiger partial charge on any atom is -0.454 e. The highest BCUT2D eigenvalue weighted by atomic mass is 35.5. The normalized spacial score (nSPS) is 16.6. The van der Waals surface area contributed by atoms with E-state index in [1.54, 1.807) is 0 Å². The van der Waals surface area contributed by atoms with E-state index in [2.05, 4.69) is 10.3 Å². The van der Waals surface area contributed by atoms with Crippen molar-refractivity contribution < 1.29 is 9.47 Å². The monoisotopic (exact) mass is 292 g/mol. The first-order valence-corrected chi connectivity index (χ1v) is 6.87. The zero-order chi connectivity index (χ0) is 13.7. The lowest BCUT2D eigenvalue weighted by Gasteiger charge is -2.08. The van der Waals surface area contributed by atoms with Crippen LogP contribution in [0.25, 0.3) is 0 Å². The summed E-state index contributed by atoms with van der Waals surface area (Å²) in [5.74, 6) is 2.30. The van der Waals surface area contributed by atoms with Crippen molar-refractivity contribution in [2.75, 3.05) is 12.5 Å². The molecule has 2 heterocycles. The molecule has 20 heavy (non-hydrogen) atoms. The van der Waals surface area contributed by atoms with Gasteiger partial charge in [0.2, 0.25) is 6.79 Å². The minimum absolute atomic E-state index is 0.210. The molecule has 0 radical (unpaired) electrons. The van der Waals surface area contributed by atoms with E-state index in [4.69, 9.17) is 26.8 Å². The number of anilines is 1. The summed E-state index contributed by atoms with van der Waals surface area (Å²) in [6, 6.07) is 3.78. The predicted molar refractivity (Wildman–Crippen MR) is 73.1 cm³/mol. The maximum Gasteiger partial charge on any atom is 0.231 e. The second-order valence-corrected chi connectivity index (χ2v) is 5.51. The molecule has 0 amide bonds. The van der Waals surface area contributed by atoms with Crippen LogP contribution in [0.3, 0.4) is 0 Å². The molecule has 1 saturated carbocycles. The molecule has 4 rings (SSSR count). The van der Waals surface area contributed by atoms with E-state index in [9.17, 15) is 0 Å². The highest BCUT2D eigenvalue weighted by Gasteiger charge is 2.30. The topological polar surface area (TPSA) is 75.2 Å². The summed E-state index contributed by atoms with van der Waals surface area (Å²) in [7, 11) is 0. The summed E-state index contributed by atoms with van der Waals surface area (Å²) < 4.78 is 12.5. The Labute approximate surface area is 120 Å². The summed E-state index contributed by atoms with van der Waals surface area (Å²) in [5, 5.41) is 8.64. The largest absolute Gasteiger partial charge is 0.454 e. The Balaban J connectivity index is 1.68. The summed E-state index contributed by atoms with van der Waals surface area (Å²) in [5.41, 5.74) is 7.91. The number of nitrogen functional groups attached to an aromatic ring is 1. The van der Waals surface area contributed by atoms with Crippen molar-refractivity contribution in [2.24, 2.45) is 0 Å². The lowest BCUT2D eigenvalue weighted by Crippen LogP contribution is -2.06. The van der Waals surface area contributed by atoms with Crippen molar-refractivity contribution in [3.8, 4) is 11.5 Å². The Kier molecular flexibility index (Phi) is 2.53. The number of hydrogen-bond donors (Lipinski definition) is 1. The third-order valence-corrected chi connectivity index (χ3v) is 3.87. The molecule has 2 aliphatic rings. The van der Waals surface area contributed by atoms with Gasteiger partial charge in [0.15, 0.2) is 17.3 Å². The number of rotatable bonds is 3. The summed E-state index contributed by atoms with van der Waals surface area (Å²) >= 11 is 6.19. The number of fused-ring (bicyclic) bond motifs is 1. The van der Waals surface area contributed by atoms with Crippen molar-refractivity contribution >= 4 is 17.4 Å². The quantitative estimate of drug-likeness (QED) is 0.938. The smallest absolute Gasteiger partial charge is 0.231 e. The standard InChI is InChI=1S/C13H13ClN4O2/c14-9-3-7(4-10-12(9)20-6-19-10)5-18-11(8-1-2-8)13(15)16-17-18/h3-4,8H,1-2,5-6,15H2. The van der Waals surface area contributed by atoms with Gasteiger partial charge in [0.25, 0.3) is 0 Å². The highest BCUT2D eigenvalue weighted by Crippen LogP contribution is 2.43. The number of nitrogens with zero attached hydrogens (tertiary/aromatic N) is 3.